The average molecular weight is 431 g/mol. The van der Waals surface area contributed by atoms with Crippen molar-refractivity contribution in [2.45, 2.75) is 65.3 Å². The van der Waals surface area contributed by atoms with Crippen molar-refractivity contribution in [3.63, 3.8) is 0 Å². The summed E-state index contributed by atoms with van der Waals surface area (Å²) in [5, 5.41) is 2.91. The van der Waals surface area contributed by atoms with Gasteiger partial charge in [-0.25, -0.2) is 9.59 Å². The van der Waals surface area contributed by atoms with Crippen LogP contribution in [0, 0.1) is 0 Å². The van der Waals surface area contributed by atoms with E-state index < -0.39 is 23.9 Å². The van der Waals surface area contributed by atoms with E-state index in [0.717, 1.165) is 5.46 Å². The predicted molar refractivity (Wildman–Crippen MR) is 121 cm³/mol. The number of hydrogen-bond acceptors (Lipinski definition) is 5. The van der Waals surface area contributed by atoms with E-state index in [2.05, 4.69) is 5.32 Å². The van der Waals surface area contributed by atoms with E-state index in [1.165, 1.54) is 0 Å². The SMILES string of the molecule is CC(C)(C)OC(=O)N1CCN(C(=O)Nc2ccc(B3OC(C)(C)C(C)(C)O3)cc2)CC1. The Morgan fingerprint density at radius 2 is 1.42 bits per heavy atom. The number of carbonyl (C=O) groups is 2. The van der Waals surface area contributed by atoms with Gasteiger partial charge in [0.25, 0.3) is 0 Å². The molecule has 1 N–H and O–H groups in total. The molecule has 0 atom stereocenters. The summed E-state index contributed by atoms with van der Waals surface area (Å²) in [4.78, 5) is 28.1. The fourth-order valence-electron chi connectivity index (χ4n) is 3.32. The van der Waals surface area contributed by atoms with Crippen molar-refractivity contribution in [3.05, 3.63) is 24.3 Å². The summed E-state index contributed by atoms with van der Waals surface area (Å²) in [6.07, 6.45) is -0.342. The second kappa shape index (κ2) is 8.35. The van der Waals surface area contributed by atoms with E-state index in [9.17, 15) is 9.59 Å². The Kier molecular flexibility index (Phi) is 6.31. The van der Waals surface area contributed by atoms with E-state index in [0.29, 0.717) is 31.9 Å². The first kappa shape index (κ1) is 23.4. The Balaban J connectivity index is 1.51. The maximum atomic E-state index is 12.6. The van der Waals surface area contributed by atoms with E-state index in [4.69, 9.17) is 14.0 Å². The van der Waals surface area contributed by atoms with Gasteiger partial charge in [0, 0.05) is 31.9 Å². The fraction of sp³-hybridized carbons (Fsp3) is 0.636. The van der Waals surface area contributed by atoms with Crippen molar-refractivity contribution in [1.29, 1.82) is 0 Å². The highest BCUT2D eigenvalue weighted by atomic mass is 16.7. The lowest BCUT2D eigenvalue weighted by Gasteiger charge is -2.35. The molecule has 0 aliphatic carbocycles. The van der Waals surface area contributed by atoms with Gasteiger partial charge in [-0.05, 0) is 66.1 Å². The van der Waals surface area contributed by atoms with Crippen LogP contribution in [0.1, 0.15) is 48.5 Å². The number of nitrogens with zero attached hydrogens (tertiary/aromatic N) is 2. The molecule has 2 saturated heterocycles. The zero-order valence-electron chi connectivity index (χ0n) is 19.7. The average Bonchev–Trinajstić information content (AvgIpc) is 2.88. The molecule has 2 heterocycles. The Hall–Kier alpha value is -2.26. The van der Waals surface area contributed by atoms with Gasteiger partial charge in [0.05, 0.1) is 11.2 Å². The Labute approximate surface area is 185 Å². The Morgan fingerprint density at radius 3 is 1.90 bits per heavy atom. The third kappa shape index (κ3) is 5.51. The van der Waals surface area contributed by atoms with Gasteiger partial charge in [-0.3, -0.25) is 0 Å². The van der Waals surface area contributed by atoms with Crippen molar-refractivity contribution >= 4 is 30.4 Å². The Bertz CT molecular complexity index is 795. The summed E-state index contributed by atoms with van der Waals surface area (Å²) >= 11 is 0. The highest BCUT2D eigenvalue weighted by molar-refractivity contribution is 6.62. The van der Waals surface area contributed by atoms with Crippen LogP contribution in [0.5, 0.6) is 0 Å². The molecule has 1 aromatic carbocycles. The van der Waals surface area contributed by atoms with Crippen molar-refractivity contribution in [2.75, 3.05) is 31.5 Å². The molecule has 2 aliphatic heterocycles. The van der Waals surface area contributed by atoms with Crippen molar-refractivity contribution in [2.24, 2.45) is 0 Å². The molecule has 0 aromatic heterocycles. The number of benzene rings is 1. The number of carbonyl (C=O) groups excluding carboxylic acids is 2. The molecule has 0 unspecified atom stereocenters. The summed E-state index contributed by atoms with van der Waals surface area (Å²) < 4.78 is 17.5. The molecule has 0 spiro atoms. The number of nitrogens with one attached hydrogen (secondary N) is 1. The zero-order chi connectivity index (χ0) is 23.0. The monoisotopic (exact) mass is 431 g/mol. The lowest BCUT2D eigenvalue weighted by molar-refractivity contribution is 0.00578. The molecular formula is C22H34BN3O5. The summed E-state index contributed by atoms with van der Waals surface area (Å²) in [5.41, 5.74) is 0.276. The van der Waals surface area contributed by atoms with E-state index in [-0.39, 0.29) is 12.1 Å². The van der Waals surface area contributed by atoms with E-state index in [1.807, 2.05) is 72.7 Å². The van der Waals surface area contributed by atoms with Crippen LogP contribution >= 0.6 is 0 Å². The second-order valence-corrected chi connectivity index (χ2v) is 10.1. The molecule has 2 fully saturated rings. The van der Waals surface area contributed by atoms with Crippen LogP contribution in [0.25, 0.3) is 0 Å². The molecular weight excluding hydrogens is 397 g/mol. The van der Waals surface area contributed by atoms with Crippen LogP contribution in [0.4, 0.5) is 15.3 Å². The van der Waals surface area contributed by atoms with Gasteiger partial charge in [-0.1, -0.05) is 12.1 Å². The standard InChI is InChI=1S/C22H34BN3O5/c1-20(2,3)29-19(28)26-14-12-25(13-15-26)18(27)24-17-10-8-16(9-11-17)23-30-21(4,5)22(6,7)31-23/h8-11H,12-15H2,1-7H3,(H,24,27). The van der Waals surface area contributed by atoms with Crippen molar-refractivity contribution < 1.29 is 23.6 Å². The van der Waals surface area contributed by atoms with Crippen LogP contribution in [0.2, 0.25) is 0 Å². The number of rotatable bonds is 2. The van der Waals surface area contributed by atoms with E-state index in [1.54, 1.807) is 9.80 Å². The third-order valence-corrected chi connectivity index (χ3v) is 5.91. The minimum atomic E-state index is -0.530. The Morgan fingerprint density at radius 1 is 0.935 bits per heavy atom. The highest BCUT2D eigenvalue weighted by Crippen LogP contribution is 2.36. The normalized spacial score (nSPS) is 20.5. The maximum Gasteiger partial charge on any atom is 0.494 e. The van der Waals surface area contributed by atoms with Gasteiger partial charge in [-0.15, -0.1) is 0 Å². The topological polar surface area (TPSA) is 80.3 Å². The molecule has 9 heteroatoms. The van der Waals surface area contributed by atoms with Gasteiger partial charge < -0.3 is 29.2 Å². The summed E-state index contributed by atoms with van der Waals surface area (Å²) in [6, 6.07) is 7.30. The molecule has 3 rings (SSSR count). The highest BCUT2D eigenvalue weighted by Gasteiger charge is 2.51. The number of piperazine rings is 1. The predicted octanol–water partition coefficient (Wildman–Crippen LogP) is 3.07. The number of anilines is 1. The van der Waals surface area contributed by atoms with Crippen molar-refractivity contribution in [1.82, 2.24) is 9.80 Å². The van der Waals surface area contributed by atoms with Crippen LogP contribution in [-0.4, -0.2) is 72.0 Å². The van der Waals surface area contributed by atoms with Crippen LogP contribution in [-0.2, 0) is 14.0 Å². The first-order valence-electron chi connectivity index (χ1n) is 10.8. The molecule has 0 radical (unpaired) electrons. The lowest BCUT2D eigenvalue weighted by Crippen LogP contribution is -2.52. The molecule has 31 heavy (non-hydrogen) atoms. The molecule has 8 nitrogen and oxygen atoms in total. The number of hydrogen-bond donors (Lipinski definition) is 1. The van der Waals surface area contributed by atoms with Gasteiger partial charge in [-0.2, -0.15) is 0 Å². The number of urea groups is 1. The van der Waals surface area contributed by atoms with Crippen LogP contribution in [0.3, 0.4) is 0 Å². The number of ether oxygens (including phenoxy) is 1. The molecule has 0 bridgehead atoms. The van der Waals surface area contributed by atoms with Crippen LogP contribution < -0.4 is 10.8 Å². The van der Waals surface area contributed by atoms with Crippen LogP contribution in [0.15, 0.2) is 24.3 Å². The van der Waals surface area contributed by atoms with Gasteiger partial charge in [0.15, 0.2) is 0 Å². The van der Waals surface area contributed by atoms with E-state index >= 15 is 0 Å². The second-order valence-electron chi connectivity index (χ2n) is 10.1. The summed E-state index contributed by atoms with van der Waals surface area (Å²) in [6.45, 7) is 15.4. The minimum Gasteiger partial charge on any atom is -0.444 e. The number of amides is 3. The smallest absolute Gasteiger partial charge is 0.444 e. The molecule has 0 saturated carbocycles. The first-order valence-corrected chi connectivity index (χ1v) is 10.8. The van der Waals surface area contributed by atoms with Crippen molar-refractivity contribution in [3.8, 4) is 0 Å². The molecule has 3 amide bonds. The summed E-state index contributed by atoms with van der Waals surface area (Å²) in [5.74, 6) is 0. The minimum absolute atomic E-state index is 0.188. The molecule has 1 aromatic rings. The van der Waals surface area contributed by atoms with Gasteiger partial charge in [0.1, 0.15) is 5.60 Å². The maximum absolute atomic E-state index is 12.6. The van der Waals surface area contributed by atoms with Gasteiger partial charge in [0.2, 0.25) is 0 Å². The fourth-order valence-corrected chi connectivity index (χ4v) is 3.32. The summed E-state index contributed by atoms with van der Waals surface area (Å²) in [7, 11) is -0.435. The molecule has 170 valence electrons. The largest absolute Gasteiger partial charge is 0.494 e. The molecule has 2 aliphatic rings. The lowest BCUT2D eigenvalue weighted by atomic mass is 9.79. The quantitative estimate of drug-likeness (QED) is 0.729. The first-order chi connectivity index (χ1) is 14.3. The third-order valence-electron chi connectivity index (χ3n) is 5.91. The van der Waals surface area contributed by atoms with Gasteiger partial charge >= 0.3 is 19.2 Å². The zero-order valence-corrected chi connectivity index (χ0v) is 19.7.